The number of carbonyl (C=O) groups excluding carboxylic acids is 1. The summed E-state index contributed by atoms with van der Waals surface area (Å²) in [4.78, 5) is 14.9. The van der Waals surface area contributed by atoms with Gasteiger partial charge < -0.3 is 0 Å². The van der Waals surface area contributed by atoms with Gasteiger partial charge in [-0.3, -0.25) is 4.79 Å². The fourth-order valence-electron chi connectivity index (χ4n) is 3.23. The Morgan fingerprint density at radius 3 is 2.07 bits per heavy atom. The Hall–Kier alpha value is -1.80. The number of carbonyl (C=O) groups is 1. The fraction of sp³-hybridized carbons (Fsp3) is 0.286. The molecule has 28 heavy (non-hydrogen) atoms. The Bertz CT molecular complexity index is 1110. The van der Waals surface area contributed by atoms with Gasteiger partial charge in [0.15, 0.2) is 0 Å². The Morgan fingerprint density at radius 1 is 0.893 bits per heavy atom. The monoisotopic (exact) mass is 433 g/mol. The van der Waals surface area contributed by atoms with Crippen LogP contribution in [0, 0.1) is 34.6 Å². The minimum Gasteiger partial charge on any atom is -0.287 e. The summed E-state index contributed by atoms with van der Waals surface area (Å²) in [5.41, 5.74) is 4.71. The van der Waals surface area contributed by atoms with E-state index >= 15 is 0 Å². The molecule has 148 valence electrons. The van der Waals surface area contributed by atoms with Crippen molar-refractivity contribution in [2.45, 2.75) is 46.1 Å². The van der Waals surface area contributed by atoms with Gasteiger partial charge in [0.05, 0.1) is 14.6 Å². The van der Waals surface area contributed by atoms with Crippen molar-refractivity contribution in [3.8, 4) is 0 Å². The molecule has 3 aromatic rings. The van der Waals surface area contributed by atoms with E-state index in [1.54, 1.807) is 18.2 Å². The number of hydrogen-bond acceptors (Lipinski definition) is 5. The van der Waals surface area contributed by atoms with Crippen LogP contribution in [-0.2, 0) is 16.6 Å². The number of nitrogens with one attached hydrogen (secondary N) is 1. The minimum atomic E-state index is -3.66. The number of hydrogen-bond donors (Lipinski definition) is 1. The largest absolute Gasteiger partial charge is 0.287 e. The molecule has 0 aliphatic rings. The van der Waals surface area contributed by atoms with Gasteiger partial charge in [-0.15, -0.1) is 22.7 Å². The first kappa shape index (κ1) is 20.9. The Balaban J connectivity index is 1.83. The van der Waals surface area contributed by atoms with E-state index in [-0.39, 0.29) is 12.3 Å². The molecule has 0 amide bonds. The third kappa shape index (κ3) is 3.85. The fourth-order valence-corrected chi connectivity index (χ4v) is 6.57. The molecular formula is C21H23NO3S3. The molecule has 0 aliphatic heterocycles. The number of thiophene rings is 2. The van der Waals surface area contributed by atoms with Crippen molar-refractivity contribution in [2.75, 3.05) is 0 Å². The minimum absolute atomic E-state index is 0.0226. The molecule has 0 radical (unpaired) electrons. The molecule has 0 saturated carbocycles. The van der Waals surface area contributed by atoms with E-state index < -0.39 is 10.0 Å². The lowest BCUT2D eigenvalue weighted by molar-refractivity contribution is 0.104. The van der Waals surface area contributed by atoms with E-state index in [1.807, 2.05) is 46.1 Å². The zero-order valence-corrected chi connectivity index (χ0v) is 19.0. The summed E-state index contributed by atoms with van der Waals surface area (Å²) in [6.45, 7) is 9.80. The van der Waals surface area contributed by atoms with Gasteiger partial charge >= 0.3 is 0 Å². The third-order valence-electron chi connectivity index (χ3n) is 5.27. The average Bonchev–Trinajstić information content (AvgIpc) is 3.34. The highest BCUT2D eigenvalue weighted by atomic mass is 32.2. The molecule has 3 rings (SSSR count). The summed E-state index contributed by atoms with van der Waals surface area (Å²) in [7, 11) is -3.66. The molecule has 0 unspecified atom stereocenters. The van der Waals surface area contributed by atoms with E-state index in [0.717, 1.165) is 32.7 Å². The van der Waals surface area contributed by atoms with Crippen LogP contribution in [0.3, 0.4) is 0 Å². The second kappa shape index (κ2) is 7.91. The van der Waals surface area contributed by atoms with Gasteiger partial charge in [-0.25, -0.2) is 13.1 Å². The van der Waals surface area contributed by atoms with Crippen molar-refractivity contribution in [1.29, 1.82) is 0 Å². The topological polar surface area (TPSA) is 63.2 Å². The molecule has 0 bridgehead atoms. The highest BCUT2D eigenvalue weighted by Crippen LogP contribution is 2.30. The molecule has 1 N–H and O–H groups in total. The molecule has 4 nitrogen and oxygen atoms in total. The zero-order valence-electron chi connectivity index (χ0n) is 16.5. The summed E-state index contributed by atoms with van der Waals surface area (Å²) in [5.74, 6) is -0.0226. The van der Waals surface area contributed by atoms with Crippen LogP contribution in [0.1, 0.15) is 47.2 Å². The number of rotatable bonds is 6. The van der Waals surface area contributed by atoms with Crippen LogP contribution in [0.4, 0.5) is 0 Å². The lowest BCUT2D eigenvalue weighted by atomic mass is 9.95. The number of benzene rings is 1. The van der Waals surface area contributed by atoms with Crippen LogP contribution in [0.5, 0.6) is 0 Å². The number of sulfonamides is 1. The highest BCUT2D eigenvalue weighted by Gasteiger charge is 2.23. The van der Waals surface area contributed by atoms with Gasteiger partial charge in [0.25, 0.3) is 0 Å². The van der Waals surface area contributed by atoms with Crippen molar-refractivity contribution >= 4 is 38.5 Å². The van der Waals surface area contributed by atoms with Gasteiger partial charge in [0, 0.05) is 11.4 Å². The summed E-state index contributed by atoms with van der Waals surface area (Å²) < 4.78 is 28.7. The zero-order chi connectivity index (χ0) is 20.6. The third-order valence-corrected chi connectivity index (χ3v) is 8.89. The second-order valence-electron chi connectivity index (χ2n) is 6.85. The maximum absolute atomic E-state index is 13.0. The van der Waals surface area contributed by atoms with Crippen molar-refractivity contribution in [1.82, 2.24) is 4.72 Å². The van der Waals surface area contributed by atoms with Crippen LogP contribution < -0.4 is 4.72 Å². The SMILES string of the molecule is Cc1c(C)c(C)c(S(=O)(=O)NCc2ccc(C(=O)c3cccs3)s2)c(C)c1C. The molecule has 1 aromatic carbocycles. The van der Waals surface area contributed by atoms with Crippen LogP contribution in [0.25, 0.3) is 0 Å². The summed E-state index contributed by atoms with van der Waals surface area (Å²) in [6.07, 6.45) is 0. The lowest BCUT2D eigenvalue weighted by Crippen LogP contribution is -2.25. The van der Waals surface area contributed by atoms with E-state index in [9.17, 15) is 13.2 Å². The predicted octanol–water partition coefficient (Wildman–Crippen LogP) is 5.06. The molecule has 0 atom stereocenters. The molecule has 0 fully saturated rings. The van der Waals surface area contributed by atoms with Crippen molar-refractivity contribution in [3.05, 3.63) is 72.1 Å². The summed E-state index contributed by atoms with van der Waals surface area (Å²) in [5, 5.41) is 1.87. The first-order valence-corrected chi connectivity index (χ1v) is 12.0. The van der Waals surface area contributed by atoms with Gasteiger partial charge in [0.1, 0.15) is 0 Å². The molecule has 0 aliphatic carbocycles. The first-order valence-electron chi connectivity index (χ1n) is 8.87. The molecule has 0 saturated heterocycles. The van der Waals surface area contributed by atoms with Crippen molar-refractivity contribution < 1.29 is 13.2 Å². The molecular weight excluding hydrogens is 410 g/mol. The Labute approximate surface area is 174 Å². The molecule has 7 heteroatoms. The van der Waals surface area contributed by atoms with Crippen molar-refractivity contribution in [3.63, 3.8) is 0 Å². The molecule has 2 heterocycles. The highest BCUT2D eigenvalue weighted by molar-refractivity contribution is 7.89. The van der Waals surface area contributed by atoms with E-state index in [2.05, 4.69) is 4.72 Å². The average molecular weight is 434 g/mol. The van der Waals surface area contributed by atoms with Crippen molar-refractivity contribution in [2.24, 2.45) is 0 Å². The lowest BCUT2D eigenvalue weighted by Gasteiger charge is -2.18. The van der Waals surface area contributed by atoms with E-state index in [1.165, 1.54) is 22.7 Å². The van der Waals surface area contributed by atoms with Gasteiger partial charge in [-0.05, 0) is 86.0 Å². The maximum Gasteiger partial charge on any atom is 0.241 e. The predicted molar refractivity (Wildman–Crippen MR) is 116 cm³/mol. The van der Waals surface area contributed by atoms with Crippen LogP contribution in [0.15, 0.2) is 34.5 Å². The smallest absolute Gasteiger partial charge is 0.241 e. The first-order chi connectivity index (χ1) is 13.1. The van der Waals surface area contributed by atoms with Gasteiger partial charge in [0.2, 0.25) is 15.8 Å². The van der Waals surface area contributed by atoms with E-state index in [0.29, 0.717) is 14.6 Å². The number of ketones is 1. The van der Waals surface area contributed by atoms with Crippen LogP contribution in [0.2, 0.25) is 0 Å². The van der Waals surface area contributed by atoms with Gasteiger partial charge in [-0.1, -0.05) is 6.07 Å². The quantitative estimate of drug-likeness (QED) is 0.553. The normalized spacial score (nSPS) is 11.8. The van der Waals surface area contributed by atoms with Crippen LogP contribution >= 0.6 is 22.7 Å². The summed E-state index contributed by atoms with van der Waals surface area (Å²) >= 11 is 2.73. The maximum atomic E-state index is 13.0. The summed E-state index contributed by atoms with van der Waals surface area (Å²) in [6, 6.07) is 7.20. The Kier molecular flexibility index (Phi) is 5.91. The molecule has 0 spiro atoms. The van der Waals surface area contributed by atoms with Gasteiger partial charge in [-0.2, -0.15) is 0 Å². The standard InChI is InChI=1S/C21H23NO3S3/c1-12-13(2)15(4)21(16(5)14(12)3)28(24,25)22-11-17-8-9-19(27-17)20(23)18-7-6-10-26-18/h6-10,22H,11H2,1-5H3. The molecule has 2 aromatic heterocycles. The Morgan fingerprint density at radius 2 is 1.50 bits per heavy atom. The van der Waals surface area contributed by atoms with Crippen LogP contribution in [-0.4, -0.2) is 14.2 Å². The second-order valence-corrected chi connectivity index (χ2v) is 10.7. The van der Waals surface area contributed by atoms with E-state index in [4.69, 9.17) is 0 Å².